The van der Waals surface area contributed by atoms with Crippen LogP contribution >= 0.6 is 11.3 Å². The van der Waals surface area contributed by atoms with Crippen LogP contribution in [0.1, 0.15) is 68.3 Å². The SMILES string of the molecule is Cn1cccc1[C@H]1CCC[NH+]1CC(=O)Nc1sc2c(c1C#N)CC(C)(C)[NH2+]C2(C)C. The number of nitrogens with one attached hydrogen (secondary N) is 2. The number of nitriles is 1. The number of anilines is 1. The molecule has 1 saturated heterocycles. The Labute approximate surface area is 182 Å². The minimum atomic E-state index is -0.103. The lowest BCUT2D eigenvalue weighted by Gasteiger charge is -2.38. The first-order chi connectivity index (χ1) is 14.1. The summed E-state index contributed by atoms with van der Waals surface area (Å²) in [6, 6.07) is 6.98. The first-order valence-electron chi connectivity index (χ1n) is 10.8. The van der Waals surface area contributed by atoms with Crippen LogP contribution in [0.25, 0.3) is 0 Å². The summed E-state index contributed by atoms with van der Waals surface area (Å²) in [7, 11) is 2.07. The Balaban J connectivity index is 1.54. The number of fused-ring (bicyclic) bond motifs is 1. The van der Waals surface area contributed by atoms with Gasteiger partial charge >= 0.3 is 0 Å². The lowest BCUT2D eigenvalue weighted by atomic mass is 9.81. The number of aryl methyl sites for hydroxylation is 1. The average Bonchev–Trinajstić information content (AvgIpc) is 3.32. The highest BCUT2D eigenvalue weighted by atomic mass is 32.1. The zero-order valence-electron chi connectivity index (χ0n) is 18.6. The Morgan fingerprint density at radius 1 is 1.43 bits per heavy atom. The molecule has 0 bridgehead atoms. The summed E-state index contributed by atoms with van der Waals surface area (Å²) in [4.78, 5) is 15.5. The minimum absolute atomic E-state index is 0.00209. The molecule has 1 amide bonds. The van der Waals surface area contributed by atoms with E-state index in [0.717, 1.165) is 36.4 Å². The topological polar surface area (TPSA) is 78.9 Å². The third-order valence-corrected chi connectivity index (χ3v) is 8.04. The number of rotatable bonds is 4. The molecule has 7 heteroatoms. The highest BCUT2D eigenvalue weighted by molar-refractivity contribution is 7.16. The summed E-state index contributed by atoms with van der Waals surface area (Å²) in [6.07, 6.45) is 5.15. The van der Waals surface area contributed by atoms with Crippen LogP contribution in [0.2, 0.25) is 0 Å². The van der Waals surface area contributed by atoms with Crippen molar-refractivity contribution in [3.63, 3.8) is 0 Å². The number of quaternary nitrogens is 2. The Hall–Kier alpha value is -2.14. The molecule has 2 aliphatic heterocycles. The number of aromatic nitrogens is 1. The van der Waals surface area contributed by atoms with Gasteiger partial charge in [0.05, 0.1) is 28.2 Å². The quantitative estimate of drug-likeness (QED) is 0.691. The predicted molar refractivity (Wildman–Crippen MR) is 118 cm³/mol. The maximum Gasteiger partial charge on any atom is 0.280 e. The molecular weight excluding hydrogens is 394 g/mol. The normalized spacial score (nSPS) is 24.3. The Morgan fingerprint density at radius 2 is 2.20 bits per heavy atom. The van der Waals surface area contributed by atoms with E-state index in [2.05, 4.69) is 74.3 Å². The maximum absolute atomic E-state index is 13.0. The number of thiophene rings is 1. The first-order valence-corrected chi connectivity index (χ1v) is 11.6. The Bertz CT molecular complexity index is 1010. The van der Waals surface area contributed by atoms with Crippen molar-refractivity contribution in [1.29, 1.82) is 5.26 Å². The second kappa shape index (κ2) is 7.52. The largest absolute Gasteiger partial charge is 0.350 e. The van der Waals surface area contributed by atoms with Gasteiger partial charge < -0.3 is 20.1 Å². The molecule has 160 valence electrons. The van der Waals surface area contributed by atoms with Crippen molar-refractivity contribution in [2.45, 2.75) is 64.1 Å². The molecule has 0 aromatic carbocycles. The Kier molecular flexibility index (Phi) is 5.29. The van der Waals surface area contributed by atoms with E-state index in [1.807, 2.05) is 0 Å². The number of nitrogens with zero attached hydrogens (tertiary/aromatic N) is 2. The van der Waals surface area contributed by atoms with Crippen LogP contribution in [0.3, 0.4) is 0 Å². The highest BCUT2D eigenvalue weighted by Gasteiger charge is 2.44. The molecule has 0 saturated carbocycles. The van der Waals surface area contributed by atoms with Gasteiger partial charge in [-0.15, -0.1) is 11.3 Å². The predicted octanol–water partition coefficient (Wildman–Crippen LogP) is 1.45. The van der Waals surface area contributed by atoms with E-state index in [-0.39, 0.29) is 17.0 Å². The maximum atomic E-state index is 13.0. The highest BCUT2D eigenvalue weighted by Crippen LogP contribution is 2.41. The fourth-order valence-electron chi connectivity index (χ4n) is 5.60. The van der Waals surface area contributed by atoms with Crippen LogP contribution in [0, 0.1) is 11.3 Å². The molecule has 2 aromatic rings. The van der Waals surface area contributed by atoms with Gasteiger partial charge in [0.15, 0.2) is 6.54 Å². The summed E-state index contributed by atoms with van der Waals surface area (Å²) in [5.74, 6) is 0.00209. The van der Waals surface area contributed by atoms with Gasteiger partial charge in [0.2, 0.25) is 0 Å². The summed E-state index contributed by atoms with van der Waals surface area (Å²) in [5.41, 5.74) is 3.00. The van der Waals surface area contributed by atoms with Crippen molar-refractivity contribution in [2.24, 2.45) is 7.05 Å². The molecule has 1 unspecified atom stereocenters. The van der Waals surface area contributed by atoms with E-state index in [4.69, 9.17) is 0 Å². The molecule has 0 radical (unpaired) electrons. The van der Waals surface area contributed by atoms with Gasteiger partial charge in [0, 0.05) is 32.5 Å². The zero-order chi connectivity index (χ0) is 21.7. The second-order valence-electron chi connectivity index (χ2n) is 10.1. The van der Waals surface area contributed by atoms with Crippen LogP contribution in [0.4, 0.5) is 5.00 Å². The molecule has 1 fully saturated rings. The lowest BCUT2D eigenvalue weighted by molar-refractivity contribution is -0.910. The number of carbonyl (C=O) groups excluding carboxylic acids is 1. The van der Waals surface area contributed by atoms with Gasteiger partial charge in [-0.2, -0.15) is 5.26 Å². The number of carbonyl (C=O) groups is 1. The number of hydrogen-bond acceptors (Lipinski definition) is 3. The molecule has 30 heavy (non-hydrogen) atoms. The first kappa shape index (κ1) is 21.1. The van der Waals surface area contributed by atoms with Crippen LogP contribution in [0.5, 0.6) is 0 Å². The average molecular weight is 428 g/mol. The van der Waals surface area contributed by atoms with E-state index in [0.29, 0.717) is 18.2 Å². The van der Waals surface area contributed by atoms with E-state index in [1.165, 1.54) is 15.5 Å². The summed E-state index contributed by atoms with van der Waals surface area (Å²) < 4.78 is 2.16. The molecule has 4 N–H and O–H groups in total. The molecule has 2 atom stereocenters. The van der Waals surface area contributed by atoms with Gasteiger partial charge in [0.25, 0.3) is 5.91 Å². The van der Waals surface area contributed by atoms with Gasteiger partial charge in [-0.25, -0.2) is 0 Å². The molecule has 0 aliphatic carbocycles. The van der Waals surface area contributed by atoms with Gasteiger partial charge in [-0.05, 0) is 45.4 Å². The lowest BCUT2D eigenvalue weighted by Crippen LogP contribution is -3.11. The summed E-state index contributed by atoms with van der Waals surface area (Å²) in [6.45, 7) is 10.3. The van der Waals surface area contributed by atoms with E-state index in [1.54, 1.807) is 11.3 Å². The molecule has 2 aliphatic rings. The molecule has 0 spiro atoms. The number of likely N-dealkylation sites (tertiary alicyclic amines) is 1. The summed E-state index contributed by atoms with van der Waals surface area (Å²) >= 11 is 1.58. The van der Waals surface area contributed by atoms with Gasteiger partial charge in [-0.1, -0.05) is 0 Å². The van der Waals surface area contributed by atoms with Gasteiger partial charge in [-0.3, -0.25) is 4.79 Å². The molecular formula is C23H33N5OS+2. The van der Waals surface area contributed by atoms with Crippen molar-refractivity contribution in [1.82, 2.24) is 4.57 Å². The van der Waals surface area contributed by atoms with Crippen LogP contribution < -0.4 is 15.5 Å². The molecule has 2 aromatic heterocycles. The fourth-order valence-corrected chi connectivity index (χ4v) is 6.86. The number of nitrogens with two attached hydrogens (primary N) is 1. The fraction of sp³-hybridized carbons (Fsp3) is 0.565. The van der Waals surface area contributed by atoms with Crippen molar-refractivity contribution in [3.05, 3.63) is 40.0 Å². The minimum Gasteiger partial charge on any atom is -0.350 e. The van der Waals surface area contributed by atoms with Crippen molar-refractivity contribution in [2.75, 3.05) is 18.4 Å². The van der Waals surface area contributed by atoms with Crippen LogP contribution in [-0.4, -0.2) is 29.1 Å². The molecule has 4 rings (SSSR count). The van der Waals surface area contributed by atoms with E-state index >= 15 is 0 Å². The summed E-state index contributed by atoms with van der Waals surface area (Å²) in [5, 5.41) is 16.1. The van der Waals surface area contributed by atoms with E-state index < -0.39 is 0 Å². The second-order valence-corrected chi connectivity index (χ2v) is 11.1. The van der Waals surface area contributed by atoms with Crippen molar-refractivity contribution >= 4 is 22.2 Å². The van der Waals surface area contributed by atoms with E-state index in [9.17, 15) is 10.1 Å². The monoisotopic (exact) mass is 427 g/mol. The third kappa shape index (κ3) is 3.80. The molecule has 4 heterocycles. The zero-order valence-corrected chi connectivity index (χ0v) is 19.4. The number of amides is 1. The smallest absolute Gasteiger partial charge is 0.280 e. The standard InChI is InChI=1S/C23H31N5OS/c1-22(2)12-15-16(13-24)21(30-20(15)23(3,4)26-22)25-19(29)14-28-11-7-9-18(28)17-8-6-10-27(17)5/h6,8,10,18,26H,7,9,11-12,14H2,1-5H3,(H,25,29)/p+2/t18-/m1/s1. The third-order valence-electron chi connectivity index (χ3n) is 6.55. The van der Waals surface area contributed by atoms with Crippen LogP contribution in [-0.2, 0) is 23.8 Å². The Morgan fingerprint density at radius 3 is 2.87 bits per heavy atom. The molecule has 6 nitrogen and oxygen atoms in total. The van der Waals surface area contributed by atoms with Gasteiger partial charge in [0.1, 0.15) is 22.7 Å². The van der Waals surface area contributed by atoms with Crippen LogP contribution in [0.15, 0.2) is 18.3 Å². The van der Waals surface area contributed by atoms with Crippen molar-refractivity contribution < 1.29 is 15.0 Å². The number of hydrogen-bond donors (Lipinski definition) is 3. The van der Waals surface area contributed by atoms with Crippen molar-refractivity contribution in [3.8, 4) is 6.07 Å².